The van der Waals surface area contributed by atoms with Gasteiger partial charge in [0.05, 0.1) is 6.54 Å². The van der Waals surface area contributed by atoms with E-state index in [4.69, 9.17) is 0 Å². The molecule has 1 N–H and O–H groups in total. The molecule has 0 radical (unpaired) electrons. The van der Waals surface area contributed by atoms with Crippen LogP contribution in [0.25, 0.3) is 10.9 Å². The Hall–Kier alpha value is -2.27. The van der Waals surface area contributed by atoms with Gasteiger partial charge >= 0.3 is 6.03 Å². The van der Waals surface area contributed by atoms with Crippen LogP contribution in [0.4, 0.5) is 4.79 Å². The molecule has 0 atom stereocenters. The number of nitrogens with zero attached hydrogens (tertiary/aromatic N) is 2. The Labute approximate surface area is 146 Å². The summed E-state index contributed by atoms with van der Waals surface area (Å²) in [6.07, 6.45) is 3.02. The third-order valence-electron chi connectivity index (χ3n) is 4.23. The maximum atomic E-state index is 12.2. The molecule has 5 heteroatoms. The summed E-state index contributed by atoms with van der Waals surface area (Å²) in [5.41, 5.74) is 2.49. The van der Waals surface area contributed by atoms with E-state index in [0.29, 0.717) is 13.1 Å². The van der Waals surface area contributed by atoms with Crippen LogP contribution in [-0.2, 0) is 13.1 Å². The van der Waals surface area contributed by atoms with E-state index in [1.54, 1.807) is 16.2 Å². The predicted octanol–water partition coefficient (Wildman–Crippen LogP) is 4.24. The fraction of sp³-hybridized carbons (Fsp3) is 0.316. The summed E-state index contributed by atoms with van der Waals surface area (Å²) < 4.78 is 2.24. The van der Waals surface area contributed by atoms with Gasteiger partial charge in [-0.2, -0.15) is 0 Å². The highest BCUT2D eigenvalue weighted by molar-refractivity contribution is 7.10. The smallest absolute Gasteiger partial charge is 0.317 e. The van der Waals surface area contributed by atoms with E-state index in [2.05, 4.69) is 64.8 Å². The average Bonchev–Trinajstić information content (AvgIpc) is 3.18. The molecule has 0 spiro atoms. The third-order valence-corrected chi connectivity index (χ3v) is 5.24. The number of urea groups is 1. The molecule has 1 aromatic carbocycles. The van der Waals surface area contributed by atoms with Crippen molar-refractivity contribution in [1.29, 1.82) is 0 Å². The summed E-state index contributed by atoms with van der Waals surface area (Å²) in [7, 11) is 1.84. The van der Waals surface area contributed by atoms with Crippen LogP contribution in [0, 0.1) is 6.92 Å². The van der Waals surface area contributed by atoms with Crippen LogP contribution in [0.2, 0.25) is 0 Å². The highest BCUT2D eigenvalue weighted by atomic mass is 32.1. The maximum absolute atomic E-state index is 12.2. The number of amides is 2. The molecule has 4 nitrogen and oxygen atoms in total. The maximum Gasteiger partial charge on any atom is 0.317 e. The summed E-state index contributed by atoms with van der Waals surface area (Å²) >= 11 is 1.70. The van der Waals surface area contributed by atoms with E-state index < -0.39 is 0 Å². The summed E-state index contributed by atoms with van der Waals surface area (Å²) in [6, 6.07) is 12.6. The van der Waals surface area contributed by atoms with Crippen LogP contribution in [0.15, 0.2) is 48.0 Å². The molecule has 0 bridgehead atoms. The highest BCUT2D eigenvalue weighted by Crippen LogP contribution is 2.17. The molecule has 3 rings (SSSR count). The molecule has 0 unspecified atom stereocenters. The van der Waals surface area contributed by atoms with Crippen LogP contribution >= 0.6 is 11.3 Å². The first-order valence-electron chi connectivity index (χ1n) is 8.21. The van der Waals surface area contributed by atoms with Crippen molar-refractivity contribution in [3.63, 3.8) is 0 Å². The molecule has 0 aliphatic rings. The summed E-state index contributed by atoms with van der Waals surface area (Å²) in [5, 5.41) is 6.33. The van der Waals surface area contributed by atoms with Crippen LogP contribution in [0.1, 0.15) is 16.9 Å². The van der Waals surface area contributed by atoms with E-state index in [1.807, 2.05) is 7.05 Å². The zero-order chi connectivity index (χ0) is 16.9. The van der Waals surface area contributed by atoms with Crippen molar-refractivity contribution < 1.29 is 4.79 Å². The fourth-order valence-electron chi connectivity index (χ4n) is 2.77. The predicted molar refractivity (Wildman–Crippen MR) is 100 cm³/mol. The zero-order valence-corrected chi connectivity index (χ0v) is 15.0. The van der Waals surface area contributed by atoms with E-state index in [-0.39, 0.29) is 6.03 Å². The van der Waals surface area contributed by atoms with Gasteiger partial charge in [0.1, 0.15) is 0 Å². The van der Waals surface area contributed by atoms with Crippen LogP contribution in [0.5, 0.6) is 0 Å². The van der Waals surface area contributed by atoms with Gasteiger partial charge in [0.2, 0.25) is 0 Å². The van der Waals surface area contributed by atoms with Gasteiger partial charge in [-0.05, 0) is 47.9 Å². The van der Waals surface area contributed by atoms with E-state index in [9.17, 15) is 4.79 Å². The summed E-state index contributed by atoms with van der Waals surface area (Å²) in [4.78, 5) is 15.1. The first-order chi connectivity index (χ1) is 11.6. The number of para-hydroxylation sites is 1. The Balaban J connectivity index is 1.44. The number of thiophene rings is 1. The number of benzene rings is 1. The van der Waals surface area contributed by atoms with Gasteiger partial charge < -0.3 is 14.8 Å². The van der Waals surface area contributed by atoms with Gasteiger partial charge in [0, 0.05) is 36.7 Å². The number of fused-ring (bicyclic) bond motifs is 1. The van der Waals surface area contributed by atoms with Crippen molar-refractivity contribution in [2.45, 2.75) is 26.4 Å². The van der Waals surface area contributed by atoms with Gasteiger partial charge in [-0.3, -0.25) is 0 Å². The summed E-state index contributed by atoms with van der Waals surface area (Å²) in [5.74, 6) is 0. The van der Waals surface area contributed by atoms with Crippen molar-refractivity contribution >= 4 is 28.3 Å². The molecule has 0 saturated heterocycles. The second-order valence-electron chi connectivity index (χ2n) is 6.04. The van der Waals surface area contributed by atoms with Gasteiger partial charge in [-0.25, -0.2) is 4.79 Å². The normalized spacial score (nSPS) is 10.9. The number of aryl methyl sites for hydroxylation is 2. The van der Waals surface area contributed by atoms with E-state index in [0.717, 1.165) is 13.0 Å². The Bertz CT molecular complexity index is 821. The van der Waals surface area contributed by atoms with Crippen molar-refractivity contribution in [3.05, 3.63) is 58.4 Å². The van der Waals surface area contributed by atoms with Crippen molar-refractivity contribution in [1.82, 2.24) is 14.8 Å². The lowest BCUT2D eigenvalue weighted by Crippen LogP contribution is -2.37. The van der Waals surface area contributed by atoms with E-state index >= 15 is 0 Å². The van der Waals surface area contributed by atoms with Crippen LogP contribution < -0.4 is 5.32 Å². The topological polar surface area (TPSA) is 37.3 Å². The molecule has 0 fully saturated rings. The molecule has 3 aromatic rings. The number of hydrogen-bond donors (Lipinski definition) is 1. The second-order valence-corrected chi connectivity index (χ2v) is 7.04. The molecule has 2 amide bonds. The van der Waals surface area contributed by atoms with Gasteiger partial charge in [-0.1, -0.05) is 18.2 Å². The molecule has 2 aromatic heterocycles. The molecule has 126 valence electrons. The molecular formula is C19H23N3OS. The number of aromatic nitrogens is 1. The van der Waals surface area contributed by atoms with Gasteiger partial charge in [-0.15, -0.1) is 11.3 Å². The van der Waals surface area contributed by atoms with Crippen LogP contribution in [0.3, 0.4) is 0 Å². The molecule has 0 aliphatic heterocycles. The Kier molecular flexibility index (Phi) is 5.20. The number of carbonyl (C=O) groups excluding carboxylic acids is 1. The Morgan fingerprint density at radius 3 is 2.88 bits per heavy atom. The molecule has 24 heavy (non-hydrogen) atoms. The Morgan fingerprint density at radius 2 is 2.08 bits per heavy atom. The molecule has 0 saturated carbocycles. The number of hydrogen-bond acceptors (Lipinski definition) is 2. The second kappa shape index (κ2) is 7.53. The third kappa shape index (κ3) is 3.79. The number of rotatable bonds is 6. The molecule has 2 heterocycles. The minimum atomic E-state index is -0.0137. The Morgan fingerprint density at radius 1 is 1.25 bits per heavy atom. The van der Waals surface area contributed by atoms with Crippen molar-refractivity contribution in [2.24, 2.45) is 0 Å². The summed E-state index contributed by atoms with van der Waals surface area (Å²) in [6.45, 7) is 4.33. The lowest BCUT2D eigenvalue weighted by Gasteiger charge is -2.18. The van der Waals surface area contributed by atoms with Crippen molar-refractivity contribution in [3.8, 4) is 0 Å². The first-order valence-corrected chi connectivity index (χ1v) is 9.09. The minimum Gasteiger partial charge on any atom is -0.347 e. The molecule has 0 aliphatic carbocycles. The van der Waals surface area contributed by atoms with E-state index in [1.165, 1.54) is 21.3 Å². The van der Waals surface area contributed by atoms with Gasteiger partial charge in [0.15, 0.2) is 0 Å². The fourth-order valence-corrected chi connectivity index (χ4v) is 3.73. The molecular weight excluding hydrogens is 318 g/mol. The largest absolute Gasteiger partial charge is 0.347 e. The monoisotopic (exact) mass is 341 g/mol. The quantitative estimate of drug-likeness (QED) is 0.669. The standard InChI is InChI=1S/C19H23N3OS/c1-15-9-13-24-18(15)14-21(2)19(23)20-10-5-11-22-12-8-16-6-3-4-7-17(16)22/h3-4,6-9,12-13H,5,10-11,14H2,1-2H3,(H,20,23). The highest BCUT2D eigenvalue weighted by Gasteiger charge is 2.10. The SMILES string of the molecule is Cc1ccsc1CN(C)C(=O)NCCCn1ccc2ccccc21. The van der Waals surface area contributed by atoms with Gasteiger partial charge in [0.25, 0.3) is 0 Å². The average molecular weight is 341 g/mol. The number of nitrogens with one attached hydrogen (secondary N) is 1. The van der Waals surface area contributed by atoms with Crippen LogP contribution in [-0.4, -0.2) is 29.1 Å². The first kappa shape index (κ1) is 16.6. The minimum absolute atomic E-state index is 0.0137. The lowest BCUT2D eigenvalue weighted by molar-refractivity contribution is 0.207. The van der Waals surface area contributed by atoms with Crippen molar-refractivity contribution in [2.75, 3.05) is 13.6 Å². The zero-order valence-electron chi connectivity index (χ0n) is 14.2. The lowest BCUT2D eigenvalue weighted by atomic mass is 10.2. The number of carbonyl (C=O) groups is 1.